The highest BCUT2D eigenvalue weighted by Gasteiger charge is 2.38. The number of carbonyl (C=O) groups is 3. The number of amides is 2. The highest BCUT2D eigenvalue weighted by Crippen LogP contribution is 2.25. The predicted octanol–water partition coefficient (Wildman–Crippen LogP) is 3.09. The van der Waals surface area contributed by atoms with Gasteiger partial charge in [0.2, 0.25) is 5.91 Å². The fourth-order valence-electron chi connectivity index (χ4n) is 3.35. The van der Waals surface area contributed by atoms with E-state index in [1.807, 2.05) is 44.2 Å². The molecule has 0 saturated carbocycles. The standard InChI is InChI=1S/C25H32N2O5/c1-6-32-24(30)25(4,18-12-8-7-9-13-18)16-26-23(29)21(17(2)3)27-22(28)19-14-10-11-15-20(19)31-5/h7-15,17,21H,6,16H2,1-5H3,(H,26,29)(H,27,28)/t21-,25+/m0/s1. The van der Waals surface area contributed by atoms with Crippen LogP contribution in [0.25, 0.3) is 0 Å². The van der Waals surface area contributed by atoms with E-state index in [-0.39, 0.29) is 25.0 Å². The third kappa shape index (κ3) is 5.87. The Hall–Kier alpha value is -3.35. The molecular formula is C25H32N2O5. The summed E-state index contributed by atoms with van der Waals surface area (Å²) in [5.74, 6) is -0.973. The van der Waals surface area contributed by atoms with Crippen molar-refractivity contribution in [2.24, 2.45) is 5.92 Å². The number of benzene rings is 2. The molecule has 172 valence electrons. The predicted molar refractivity (Wildman–Crippen MR) is 123 cm³/mol. The van der Waals surface area contributed by atoms with Crippen LogP contribution in [0.3, 0.4) is 0 Å². The molecule has 0 aliphatic rings. The molecule has 2 rings (SSSR count). The van der Waals surface area contributed by atoms with Crippen molar-refractivity contribution in [3.8, 4) is 5.75 Å². The number of carbonyl (C=O) groups excluding carboxylic acids is 3. The molecule has 2 amide bonds. The van der Waals surface area contributed by atoms with E-state index in [1.54, 1.807) is 38.1 Å². The second-order valence-corrected chi connectivity index (χ2v) is 8.03. The van der Waals surface area contributed by atoms with Gasteiger partial charge in [-0.15, -0.1) is 0 Å². The number of methoxy groups -OCH3 is 1. The highest BCUT2D eigenvalue weighted by molar-refractivity contribution is 5.99. The largest absolute Gasteiger partial charge is 0.496 e. The number of esters is 1. The van der Waals surface area contributed by atoms with Crippen LogP contribution in [0.2, 0.25) is 0 Å². The first-order valence-corrected chi connectivity index (χ1v) is 10.7. The maximum absolute atomic E-state index is 13.1. The molecule has 0 bridgehead atoms. The Morgan fingerprint density at radius 3 is 2.22 bits per heavy atom. The SMILES string of the molecule is CCOC(=O)[C@](C)(CNC(=O)[C@@H](NC(=O)c1ccccc1OC)C(C)C)c1ccccc1. The molecule has 0 spiro atoms. The Balaban J connectivity index is 2.19. The number of nitrogens with one attached hydrogen (secondary N) is 2. The van der Waals surface area contributed by atoms with Gasteiger partial charge in [0.25, 0.3) is 5.91 Å². The quantitative estimate of drug-likeness (QED) is 0.554. The number of hydrogen-bond donors (Lipinski definition) is 2. The second-order valence-electron chi connectivity index (χ2n) is 8.03. The van der Waals surface area contributed by atoms with Gasteiger partial charge in [0.1, 0.15) is 17.2 Å². The average molecular weight is 441 g/mol. The maximum Gasteiger partial charge on any atom is 0.318 e. The van der Waals surface area contributed by atoms with Crippen LogP contribution in [0.4, 0.5) is 0 Å². The van der Waals surface area contributed by atoms with Crippen molar-refractivity contribution in [2.75, 3.05) is 20.3 Å². The lowest BCUT2D eigenvalue weighted by Gasteiger charge is -2.30. The van der Waals surface area contributed by atoms with Crippen molar-refractivity contribution in [1.29, 1.82) is 0 Å². The molecular weight excluding hydrogens is 408 g/mol. The molecule has 0 aliphatic carbocycles. The average Bonchev–Trinajstić information content (AvgIpc) is 2.81. The zero-order chi connectivity index (χ0) is 23.7. The van der Waals surface area contributed by atoms with Gasteiger partial charge < -0.3 is 20.1 Å². The van der Waals surface area contributed by atoms with Crippen LogP contribution in [-0.4, -0.2) is 44.1 Å². The summed E-state index contributed by atoms with van der Waals surface area (Å²) in [7, 11) is 1.48. The van der Waals surface area contributed by atoms with Gasteiger partial charge in [-0.05, 0) is 37.5 Å². The van der Waals surface area contributed by atoms with Crippen molar-refractivity contribution in [3.05, 3.63) is 65.7 Å². The first kappa shape index (κ1) is 24.9. The van der Waals surface area contributed by atoms with Crippen LogP contribution in [0.1, 0.15) is 43.6 Å². The summed E-state index contributed by atoms with van der Waals surface area (Å²) in [6, 6.07) is 15.2. The molecule has 2 aromatic rings. The van der Waals surface area contributed by atoms with E-state index in [2.05, 4.69) is 10.6 Å². The summed E-state index contributed by atoms with van der Waals surface area (Å²) in [4.78, 5) is 38.6. The van der Waals surface area contributed by atoms with E-state index in [9.17, 15) is 14.4 Å². The van der Waals surface area contributed by atoms with Crippen LogP contribution >= 0.6 is 0 Å². The Kier molecular flexibility index (Phi) is 8.81. The molecule has 7 nitrogen and oxygen atoms in total. The molecule has 0 aliphatic heterocycles. The Labute approximate surface area is 189 Å². The molecule has 0 aromatic heterocycles. The summed E-state index contributed by atoms with van der Waals surface area (Å²) in [5.41, 5.74) is 0.00759. The lowest BCUT2D eigenvalue weighted by molar-refractivity contribution is -0.149. The maximum atomic E-state index is 13.1. The monoisotopic (exact) mass is 440 g/mol. The van der Waals surface area contributed by atoms with Crippen LogP contribution in [0.5, 0.6) is 5.75 Å². The van der Waals surface area contributed by atoms with Crippen molar-refractivity contribution in [3.63, 3.8) is 0 Å². The number of ether oxygens (including phenoxy) is 2. The number of para-hydroxylation sites is 1. The summed E-state index contributed by atoms with van der Waals surface area (Å²) in [5, 5.41) is 5.63. The minimum Gasteiger partial charge on any atom is -0.496 e. The van der Waals surface area contributed by atoms with Gasteiger partial charge in [0, 0.05) is 6.54 Å². The van der Waals surface area contributed by atoms with Crippen LogP contribution in [-0.2, 0) is 19.7 Å². The minimum atomic E-state index is -1.07. The molecule has 32 heavy (non-hydrogen) atoms. The topological polar surface area (TPSA) is 93.7 Å². The van der Waals surface area contributed by atoms with Crippen molar-refractivity contribution < 1.29 is 23.9 Å². The molecule has 0 radical (unpaired) electrons. The summed E-state index contributed by atoms with van der Waals surface area (Å²) < 4.78 is 10.5. The van der Waals surface area contributed by atoms with E-state index < -0.39 is 23.3 Å². The Morgan fingerprint density at radius 1 is 1.00 bits per heavy atom. The first-order valence-electron chi connectivity index (χ1n) is 10.7. The Morgan fingerprint density at radius 2 is 1.62 bits per heavy atom. The van der Waals surface area contributed by atoms with Gasteiger partial charge in [0.15, 0.2) is 0 Å². The van der Waals surface area contributed by atoms with Gasteiger partial charge in [-0.1, -0.05) is 56.3 Å². The highest BCUT2D eigenvalue weighted by atomic mass is 16.5. The molecule has 2 atom stereocenters. The zero-order valence-corrected chi connectivity index (χ0v) is 19.3. The molecule has 0 unspecified atom stereocenters. The van der Waals surface area contributed by atoms with E-state index in [4.69, 9.17) is 9.47 Å². The summed E-state index contributed by atoms with van der Waals surface area (Å²) in [6.07, 6.45) is 0. The third-order valence-electron chi connectivity index (χ3n) is 5.34. The molecule has 2 aromatic carbocycles. The number of hydrogen-bond acceptors (Lipinski definition) is 5. The van der Waals surface area contributed by atoms with E-state index in [0.717, 1.165) is 5.56 Å². The van der Waals surface area contributed by atoms with Crippen molar-refractivity contribution in [2.45, 2.75) is 39.2 Å². The number of rotatable bonds is 10. The van der Waals surface area contributed by atoms with Gasteiger partial charge in [-0.3, -0.25) is 14.4 Å². The molecule has 0 heterocycles. The normalized spacial score (nSPS) is 13.6. The molecule has 2 N–H and O–H groups in total. The molecule has 7 heteroatoms. The second kappa shape index (κ2) is 11.3. The van der Waals surface area contributed by atoms with E-state index in [0.29, 0.717) is 11.3 Å². The fraction of sp³-hybridized carbons (Fsp3) is 0.400. The van der Waals surface area contributed by atoms with Gasteiger partial charge in [-0.25, -0.2) is 0 Å². The third-order valence-corrected chi connectivity index (χ3v) is 5.34. The summed E-state index contributed by atoms with van der Waals surface area (Å²) >= 11 is 0. The Bertz CT molecular complexity index is 929. The fourth-order valence-corrected chi connectivity index (χ4v) is 3.35. The minimum absolute atomic E-state index is 0.0302. The first-order chi connectivity index (χ1) is 15.2. The van der Waals surface area contributed by atoms with Crippen LogP contribution in [0, 0.1) is 5.92 Å². The van der Waals surface area contributed by atoms with Gasteiger partial charge >= 0.3 is 5.97 Å². The molecule has 0 fully saturated rings. The zero-order valence-electron chi connectivity index (χ0n) is 19.3. The van der Waals surface area contributed by atoms with Crippen molar-refractivity contribution >= 4 is 17.8 Å². The van der Waals surface area contributed by atoms with Crippen LogP contribution < -0.4 is 15.4 Å². The van der Waals surface area contributed by atoms with Gasteiger partial charge in [-0.2, -0.15) is 0 Å². The lowest BCUT2D eigenvalue weighted by Crippen LogP contribution is -2.53. The van der Waals surface area contributed by atoms with Crippen LogP contribution in [0.15, 0.2) is 54.6 Å². The summed E-state index contributed by atoms with van der Waals surface area (Å²) in [6.45, 7) is 7.42. The van der Waals surface area contributed by atoms with Gasteiger partial charge in [0.05, 0.1) is 19.3 Å². The van der Waals surface area contributed by atoms with Crippen molar-refractivity contribution in [1.82, 2.24) is 10.6 Å². The molecule has 0 saturated heterocycles. The van der Waals surface area contributed by atoms with E-state index in [1.165, 1.54) is 7.11 Å². The lowest BCUT2D eigenvalue weighted by atomic mass is 9.82. The smallest absolute Gasteiger partial charge is 0.318 e. The van der Waals surface area contributed by atoms with E-state index >= 15 is 0 Å².